The second kappa shape index (κ2) is 9.98. The van der Waals surface area contributed by atoms with E-state index < -0.39 is 5.60 Å². The average molecular weight is 484 g/mol. The average Bonchev–Trinajstić information content (AvgIpc) is 3.42. The maximum Gasteiger partial charge on any atom is 0.157 e. The van der Waals surface area contributed by atoms with Crippen LogP contribution in [0.1, 0.15) is 91.5 Å². The number of nitrogens with zero attached hydrogens (tertiary/aromatic N) is 3. The number of ketones is 1. The highest BCUT2D eigenvalue weighted by Gasteiger charge is 2.59. The molecule has 0 aliphatic heterocycles. The van der Waals surface area contributed by atoms with Gasteiger partial charge in [0.1, 0.15) is 6.07 Å². The van der Waals surface area contributed by atoms with E-state index >= 15 is 0 Å². The number of fused-ring (bicyclic) bond motifs is 1. The van der Waals surface area contributed by atoms with E-state index in [1.54, 1.807) is 10.9 Å². The zero-order valence-electron chi connectivity index (χ0n) is 22.4. The highest BCUT2D eigenvalue weighted by molar-refractivity contribution is 5.82. The van der Waals surface area contributed by atoms with Crippen molar-refractivity contribution in [3.05, 3.63) is 18.0 Å². The first-order valence-electron chi connectivity index (χ1n) is 13.9. The van der Waals surface area contributed by atoms with E-state index in [4.69, 9.17) is 10.00 Å². The molecule has 6 nitrogen and oxygen atoms in total. The van der Waals surface area contributed by atoms with E-state index in [2.05, 4.69) is 38.9 Å². The first-order valence-corrected chi connectivity index (χ1v) is 13.9. The van der Waals surface area contributed by atoms with Gasteiger partial charge in [0.25, 0.3) is 0 Å². The molecular weight excluding hydrogens is 438 g/mol. The lowest BCUT2D eigenvalue weighted by atomic mass is 9.47. The third-order valence-corrected chi connectivity index (χ3v) is 10.8. The van der Waals surface area contributed by atoms with Crippen LogP contribution in [0.5, 0.6) is 0 Å². The van der Waals surface area contributed by atoms with Crippen LogP contribution < -0.4 is 0 Å². The molecule has 35 heavy (non-hydrogen) atoms. The monoisotopic (exact) mass is 483 g/mol. The number of aromatic nitrogens is 2. The molecule has 1 heterocycles. The molecule has 1 N–H and O–H groups in total. The number of carbonyl (C=O) groups is 1. The highest BCUT2D eigenvalue weighted by atomic mass is 16.5. The van der Waals surface area contributed by atoms with Gasteiger partial charge < -0.3 is 9.84 Å². The Morgan fingerprint density at radius 1 is 1.26 bits per heavy atom. The summed E-state index contributed by atoms with van der Waals surface area (Å²) in [6.45, 7) is 12.9. The van der Waals surface area contributed by atoms with Gasteiger partial charge in [0.05, 0.1) is 30.5 Å². The number of rotatable bonds is 8. The smallest absolute Gasteiger partial charge is 0.157 e. The van der Waals surface area contributed by atoms with E-state index in [1.807, 2.05) is 6.92 Å². The first kappa shape index (κ1) is 26.4. The normalized spacial score (nSPS) is 41.3. The van der Waals surface area contributed by atoms with Crippen molar-refractivity contribution < 1.29 is 14.6 Å². The fraction of sp³-hybridized carbons (Fsp3) is 0.828. The van der Waals surface area contributed by atoms with Gasteiger partial charge in [0.2, 0.25) is 0 Å². The van der Waals surface area contributed by atoms with Gasteiger partial charge in [-0.3, -0.25) is 9.48 Å². The summed E-state index contributed by atoms with van der Waals surface area (Å²) in [6, 6.07) is 2.10. The third kappa shape index (κ3) is 4.71. The molecule has 3 saturated carbocycles. The minimum atomic E-state index is -0.562. The molecule has 0 saturated heterocycles. The van der Waals surface area contributed by atoms with Crippen LogP contribution >= 0.6 is 0 Å². The first-order chi connectivity index (χ1) is 16.6. The van der Waals surface area contributed by atoms with Gasteiger partial charge in [0.15, 0.2) is 5.78 Å². The molecule has 3 fully saturated rings. The summed E-state index contributed by atoms with van der Waals surface area (Å²) in [5, 5.41) is 24.2. The van der Waals surface area contributed by atoms with E-state index in [9.17, 15) is 9.90 Å². The van der Waals surface area contributed by atoms with Crippen molar-refractivity contribution in [2.45, 2.75) is 98.1 Å². The summed E-state index contributed by atoms with van der Waals surface area (Å²) in [5.41, 5.74) is 0.0343. The maximum absolute atomic E-state index is 13.5. The molecule has 0 unspecified atom stereocenters. The second-order valence-electron chi connectivity index (χ2n) is 12.4. The maximum atomic E-state index is 13.5. The molecule has 194 valence electrons. The Bertz CT molecular complexity index is 949. The Kier molecular flexibility index (Phi) is 7.51. The Hall–Kier alpha value is -1.71. The highest BCUT2D eigenvalue weighted by Crippen LogP contribution is 2.63. The Labute approximate surface area is 211 Å². The predicted molar refractivity (Wildman–Crippen MR) is 135 cm³/mol. The minimum absolute atomic E-state index is 0.0268. The molecule has 1 aromatic heterocycles. The van der Waals surface area contributed by atoms with Gasteiger partial charge in [0, 0.05) is 18.7 Å². The summed E-state index contributed by atoms with van der Waals surface area (Å²) in [5.74, 6) is 2.40. The van der Waals surface area contributed by atoms with E-state index in [-0.39, 0.29) is 29.1 Å². The van der Waals surface area contributed by atoms with Gasteiger partial charge in [-0.1, -0.05) is 20.8 Å². The molecule has 0 bridgehead atoms. The number of nitriles is 1. The van der Waals surface area contributed by atoms with Gasteiger partial charge in [-0.05, 0) is 99.7 Å². The van der Waals surface area contributed by atoms with Crippen LogP contribution in [0.4, 0.5) is 0 Å². The number of Topliss-reactive ketones (excluding diaryl/α,β-unsaturated/α-hetero) is 1. The fourth-order valence-electron chi connectivity index (χ4n) is 8.55. The van der Waals surface area contributed by atoms with Crippen molar-refractivity contribution in [2.24, 2.45) is 40.4 Å². The zero-order chi connectivity index (χ0) is 25.4. The van der Waals surface area contributed by atoms with Crippen molar-refractivity contribution in [3.63, 3.8) is 0 Å². The Morgan fingerprint density at radius 2 is 2.03 bits per heavy atom. The molecule has 0 aromatic carbocycles. The van der Waals surface area contributed by atoms with Crippen LogP contribution in [0.2, 0.25) is 0 Å². The quantitative estimate of drug-likeness (QED) is 0.536. The molecule has 0 spiro atoms. The van der Waals surface area contributed by atoms with Crippen molar-refractivity contribution in [2.75, 3.05) is 13.2 Å². The molecule has 3 aliphatic rings. The third-order valence-electron chi connectivity index (χ3n) is 10.8. The summed E-state index contributed by atoms with van der Waals surface area (Å²) < 4.78 is 7.76. The fourth-order valence-corrected chi connectivity index (χ4v) is 8.55. The largest absolute Gasteiger partial charge is 0.390 e. The van der Waals surface area contributed by atoms with Crippen molar-refractivity contribution in [1.82, 2.24) is 9.78 Å². The molecule has 0 amide bonds. The molecule has 3 aliphatic carbocycles. The lowest BCUT2D eigenvalue weighted by Crippen LogP contribution is -2.55. The standard InChI is InChI=1S/C29H45N3O3/c1-6-28(5)24(10-11-25(28)26(33)18-32-17-21(15-30)16-31-32)23-9-8-22-14-27(4,34)12-13-29(22,20(23)3)19-35-7-2/h16-17,20,22-25,34H,6-14,18-19H2,1-5H3/t20-,22+,23+,24-,25+,27+,28-,29-/m0/s1. The second-order valence-corrected chi connectivity index (χ2v) is 12.4. The summed E-state index contributed by atoms with van der Waals surface area (Å²) in [6.07, 6.45) is 11.3. The van der Waals surface area contributed by atoms with Crippen LogP contribution in [0.3, 0.4) is 0 Å². The zero-order valence-corrected chi connectivity index (χ0v) is 22.4. The van der Waals surface area contributed by atoms with Crippen LogP contribution in [-0.4, -0.2) is 39.5 Å². The number of carbonyl (C=O) groups excluding carboxylic acids is 1. The number of aliphatic hydroxyl groups is 1. The topological polar surface area (TPSA) is 88.1 Å². The molecule has 8 atom stereocenters. The van der Waals surface area contributed by atoms with Crippen molar-refractivity contribution in [1.29, 1.82) is 5.26 Å². The van der Waals surface area contributed by atoms with Gasteiger partial charge >= 0.3 is 0 Å². The summed E-state index contributed by atoms with van der Waals surface area (Å²) >= 11 is 0. The van der Waals surface area contributed by atoms with Crippen LogP contribution in [0, 0.1) is 51.8 Å². The molecular formula is C29H45N3O3. The summed E-state index contributed by atoms with van der Waals surface area (Å²) in [7, 11) is 0. The van der Waals surface area contributed by atoms with Crippen molar-refractivity contribution >= 4 is 5.78 Å². The number of hydrogen-bond donors (Lipinski definition) is 1. The van der Waals surface area contributed by atoms with Crippen molar-refractivity contribution in [3.8, 4) is 6.07 Å². The predicted octanol–water partition coefficient (Wildman–Crippen LogP) is 5.39. The minimum Gasteiger partial charge on any atom is -0.390 e. The Morgan fingerprint density at radius 3 is 2.69 bits per heavy atom. The van der Waals surface area contributed by atoms with E-state index in [0.717, 1.165) is 58.2 Å². The number of hydrogen-bond acceptors (Lipinski definition) is 5. The van der Waals surface area contributed by atoms with Crippen LogP contribution in [0.15, 0.2) is 12.4 Å². The Balaban J connectivity index is 1.55. The SMILES string of the molecule is CCOC[C@]12CC[C@@](C)(O)C[C@H]1CC[C@@H]([C@@H]1CC[C@H](C(=O)Cn3cc(C#N)cn3)[C@@]1(C)CC)[C@@H]2C. The van der Waals surface area contributed by atoms with Gasteiger partial charge in [-0.25, -0.2) is 0 Å². The van der Waals surface area contributed by atoms with Crippen LogP contribution in [-0.2, 0) is 16.1 Å². The van der Waals surface area contributed by atoms with E-state index in [1.165, 1.54) is 12.6 Å². The lowest BCUT2D eigenvalue weighted by Gasteiger charge is -2.59. The van der Waals surface area contributed by atoms with Crippen LogP contribution in [0.25, 0.3) is 0 Å². The molecule has 4 rings (SSSR count). The van der Waals surface area contributed by atoms with Gasteiger partial charge in [-0.2, -0.15) is 10.4 Å². The molecule has 6 heteroatoms. The lowest BCUT2D eigenvalue weighted by molar-refractivity contribution is -0.156. The molecule has 0 radical (unpaired) electrons. The van der Waals surface area contributed by atoms with Gasteiger partial charge in [-0.15, -0.1) is 0 Å². The summed E-state index contributed by atoms with van der Waals surface area (Å²) in [4.78, 5) is 13.5. The van der Waals surface area contributed by atoms with E-state index in [0.29, 0.717) is 29.2 Å². The molecule has 1 aromatic rings. The number of ether oxygens (including phenoxy) is 1.